The van der Waals surface area contributed by atoms with E-state index < -0.39 is 19.5 Å². The Morgan fingerprint density at radius 3 is 1.51 bits per heavy atom. The molecule has 4 rings (SSSR count). The summed E-state index contributed by atoms with van der Waals surface area (Å²) in [6.07, 6.45) is 1.44. The Morgan fingerprint density at radius 2 is 1.08 bits per heavy atom. The molecular formula is C32H48N2O6S7Si2. The van der Waals surface area contributed by atoms with E-state index in [9.17, 15) is 0 Å². The van der Waals surface area contributed by atoms with E-state index in [4.69, 9.17) is 37.8 Å². The lowest BCUT2D eigenvalue weighted by atomic mass is 10.2. The highest BCUT2D eigenvalue weighted by atomic mass is 33.8. The zero-order valence-electron chi connectivity index (χ0n) is 28.6. The van der Waals surface area contributed by atoms with Crippen molar-refractivity contribution >= 4 is 114 Å². The molecule has 0 N–H and O–H groups in total. The lowest BCUT2D eigenvalue weighted by Gasteiger charge is -2.15. The predicted octanol–water partition coefficient (Wildman–Crippen LogP) is 8.94. The molecule has 0 aliphatic heterocycles. The van der Waals surface area contributed by atoms with Crippen molar-refractivity contribution in [3.63, 3.8) is 0 Å². The van der Waals surface area contributed by atoms with E-state index in [1.165, 1.54) is 19.4 Å². The zero-order valence-corrected chi connectivity index (χ0v) is 37.2. The summed E-state index contributed by atoms with van der Waals surface area (Å²) in [5, 5.41) is 2.47. The van der Waals surface area contributed by atoms with E-state index in [-0.39, 0.29) is 12.6 Å². The molecule has 0 aliphatic rings. The first-order valence-corrected chi connectivity index (χ1v) is 27.7. The van der Waals surface area contributed by atoms with Gasteiger partial charge in [0.05, 0.1) is 43.7 Å². The number of rotatable bonds is 28. The van der Waals surface area contributed by atoms with Gasteiger partial charge in [0.1, 0.15) is 0 Å². The third-order valence-electron chi connectivity index (χ3n) is 7.47. The minimum Gasteiger partial charge on any atom is -0.424 e. The van der Waals surface area contributed by atoms with E-state index >= 15 is 0 Å². The lowest BCUT2D eigenvalue weighted by molar-refractivity contribution is -0.112. The highest BCUT2D eigenvalue weighted by molar-refractivity contribution is 9.35. The molecule has 0 bridgehead atoms. The van der Waals surface area contributed by atoms with E-state index in [0.29, 0.717) is 25.0 Å². The molecule has 0 saturated carbocycles. The summed E-state index contributed by atoms with van der Waals surface area (Å²) in [4.78, 5) is 10.0. The predicted molar refractivity (Wildman–Crippen MR) is 225 cm³/mol. The molecule has 8 nitrogen and oxygen atoms in total. The summed E-state index contributed by atoms with van der Waals surface area (Å²) < 4.78 is 36.2. The van der Waals surface area contributed by atoms with Crippen LogP contribution in [-0.4, -0.2) is 94.2 Å². The van der Waals surface area contributed by atoms with Gasteiger partial charge in [0.2, 0.25) is 0 Å². The van der Waals surface area contributed by atoms with E-state index in [2.05, 4.69) is 48.5 Å². The fourth-order valence-electron chi connectivity index (χ4n) is 4.57. The molecule has 0 aliphatic carbocycles. The number of para-hydroxylation sites is 2. The minimum absolute atomic E-state index is 0.169. The minimum atomic E-state index is -0.661. The molecule has 4 aromatic rings. The van der Waals surface area contributed by atoms with Crippen molar-refractivity contribution in [3.05, 3.63) is 58.5 Å². The SMILES string of the molecule is COC(C)OCCCO[SiH2]CC(CSSSSSCC(C[SiH2]OCCCOC(C)OC)c1nc2ccccc2s1)c1nc2ccccc2s1. The Hall–Kier alpha value is 0.164. The second-order valence-corrected chi connectivity index (χ2v) is 23.8. The molecule has 2 aromatic heterocycles. The van der Waals surface area contributed by atoms with E-state index in [0.717, 1.165) is 60.7 Å². The second-order valence-electron chi connectivity index (χ2n) is 11.1. The molecule has 0 fully saturated rings. The lowest BCUT2D eigenvalue weighted by Crippen LogP contribution is -2.13. The van der Waals surface area contributed by atoms with Gasteiger partial charge in [-0.1, -0.05) is 45.9 Å². The number of aromatic nitrogens is 2. The first kappa shape index (κ1) is 41.9. The van der Waals surface area contributed by atoms with Gasteiger partial charge in [-0.25, -0.2) is 9.97 Å². The number of ether oxygens (including phenoxy) is 4. The molecule has 4 unspecified atom stereocenters. The van der Waals surface area contributed by atoms with Crippen LogP contribution in [0, 0.1) is 0 Å². The highest BCUT2D eigenvalue weighted by Gasteiger charge is 2.19. The molecule has 2 heterocycles. The van der Waals surface area contributed by atoms with Gasteiger partial charge in [-0.05, 0) is 92.5 Å². The maximum atomic E-state index is 6.12. The number of fused-ring (bicyclic) bond motifs is 2. The maximum absolute atomic E-state index is 6.12. The van der Waals surface area contributed by atoms with Crippen LogP contribution in [0.4, 0.5) is 0 Å². The van der Waals surface area contributed by atoms with Crippen LogP contribution in [0.2, 0.25) is 12.1 Å². The summed E-state index contributed by atoms with van der Waals surface area (Å²) in [6, 6.07) is 19.1. The Labute approximate surface area is 322 Å². The number of hydrogen-bond acceptors (Lipinski definition) is 15. The standard InChI is InChI=1S/C32H48N2O6S7Si2/c1-23(35-3)37-15-9-17-39-48-21-25(31-33-27-11-5-7-13-29(27)43-31)19-41-45-47-46-42-20-26(22-49-40-18-10-16-38-24(2)36-4)32-34-28-12-6-8-14-30(28)44-32/h5-8,11-14,23-26H,9-10,15-22,48-49H2,1-4H3. The maximum Gasteiger partial charge on any atom is 0.162 e. The third kappa shape index (κ3) is 16.0. The molecule has 0 spiro atoms. The second kappa shape index (κ2) is 25.2. The molecule has 49 heavy (non-hydrogen) atoms. The van der Waals surface area contributed by atoms with E-state index in [1.54, 1.807) is 14.2 Å². The van der Waals surface area contributed by atoms with Crippen LogP contribution in [-0.2, 0) is 27.8 Å². The van der Waals surface area contributed by atoms with Gasteiger partial charge in [0, 0.05) is 50.8 Å². The highest BCUT2D eigenvalue weighted by Crippen LogP contribution is 2.51. The van der Waals surface area contributed by atoms with Crippen LogP contribution in [0.5, 0.6) is 0 Å². The van der Waals surface area contributed by atoms with Crippen LogP contribution >= 0.6 is 73.7 Å². The summed E-state index contributed by atoms with van der Waals surface area (Å²) >= 11 is 3.66. The van der Waals surface area contributed by atoms with Gasteiger partial charge < -0.3 is 27.8 Å². The van der Waals surface area contributed by atoms with Gasteiger partial charge in [0.15, 0.2) is 32.1 Å². The molecule has 17 heteroatoms. The van der Waals surface area contributed by atoms with Crippen molar-refractivity contribution in [3.8, 4) is 0 Å². The molecule has 272 valence electrons. The summed E-state index contributed by atoms with van der Waals surface area (Å²) in [6.45, 7) is 6.63. The van der Waals surface area contributed by atoms with Crippen LogP contribution in [0.3, 0.4) is 0 Å². The largest absolute Gasteiger partial charge is 0.424 e. The molecular weight excluding hydrogens is 789 g/mol. The van der Waals surface area contributed by atoms with Gasteiger partial charge in [-0.15, -0.1) is 22.7 Å². The monoisotopic (exact) mass is 836 g/mol. The molecule has 0 amide bonds. The topological polar surface area (TPSA) is 81.2 Å². The fourth-order valence-corrected chi connectivity index (χ4v) is 20.0. The zero-order chi connectivity index (χ0) is 34.5. The third-order valence-corrected chi connectivity index (χ3v) is 21.7. The normalized spacial score (nSPS) is 14.9. The Morgan fingerprint density at radius 1 is 0.633 bits per heavy atom. The van der Waals surface area contributed by atoms with Crippen molar-refractivity contribution in [2.24, 2.45) is 0 Å². The number of thiazole rings is 2. The summed E-state index contributed by atoms with van der Waals surface area (Å²) in [5.74, 6) is 2.88. The Balaban J connectivity index is 1.18. The van der Waals surface area contributed by atoms with Crippen LogP contribution < -0.4 is 0 Å². The van der Waals surface area contributed by atoms with Crippen molar-refractivity contribution in [1.29, 1.82) is 0 Å². The van der Waals surface area contributed by atoms with Crippen LogP contribution in [0.15, 0.2) is 48.5 Å². The fraction of sp³-hybridized carbons (Fsp3) is 0.562. The summed E-state index contributed by atoms with van der Waals surface area (Å²) in [5.41, 5.74) is 2.20. The number of nitrogens with zero attached hydrogens (tertiary/aromatic N) is 2. The van der Waals surface area contributed by atoms with Crippen molar-refractivity contribution < 1.29 is 27.8 Å². The number of benzene rings is 2. The van der Waals surface area contributed by atoms with Gasteiger partial charge in [-0.2, -0.15) is 0 Å². The number of methoxy groups -OCH3 is 2. The average molecular weight is 837 g/mol. The molecule has 0 radical (unpaired) electrons. The summed E-state index contributed by atoms with van der Waals surface area (Å²) in [7, 11) is 11.5. The smallest absolute Gasteiger partial charge is 0.162 e. The van der Waals surface area contributed by atoms with E-state index in [1.807, 2.05) is 87.6 Å². The van der Waals surface area contributed by atoms with Gasteiger partial charge in [0.25, 0.3) is 0 Å². The number of hydrogen-bond donors (Lipinski definition) is 0. The molecule has 2 aromatic carbocycles. The Kier molecular flexibility index (Phi) is 21.6. The van der Waals surface area contributed by atoms with Crippen LogP contribution in [0.1, 0.15) is 48.5 Å². The van der Waals surface area contributed by atoms with Gasteiger partial charge >= 0.3 is 0 Å². The average Bonchev–Trinajstić information content (AvgIpc) is 3.76. The van der Waals surface area contributed by atoms with Gasteiger partial charge in [-0.3, -0.25) is 0 Å². The first-order chi connectivity index (χ1) is 24.1. The first-order valence-electron chi connectivity index (χ1n) is 16.5. The van der Waals surface area contributed by atoms with Crippen molar-refractivity contribution in [2.75, 3.05) is 52.2 Å². The quantitative estimate of drug-likeness (QED) is 0.0237. The van der Waals surface area contributed by atoms with Crippen LogP contribution in [0.25, 0.3) is 20.4 Å². The molecule has 4 atom stereocenters. The van der Waals surface area contributed by atoms with Crippen molar-refractivity contribution in [2.45, 2.75) is 63.2 Å². The Bertz CT molecular complexity index is 1290. The van der Waals surface area contributed by atoms with Crippen molar-refractivity contribution in [1.82, 2.24) is 9.97 Å². The molecule has 0 saturated heterocycles.